The molecule has 0 spiro atoms. The molecule has 0 aromatic heterocycles. The molecule has 104 valence electrons. The van der Waals surface area contributed by atoms with E-state index >= 15 is 0 Å². The third-order valence-electron chi connectivity index (χ3n) is 3.20. The van der Waals surface area contributed by atoms with Gasteiger partial charge in [0, 0.05) is 6.54 Å². The van der Waals surface area contributed by atoms with Gasteiger partial charge in [0.15, 0.2) is 6.61 Å². The summed E-state index contributed by atoms with van der Waals surface area (Å²) in [6.07, 6.45) is 1.18. The molecule has 1 aromatic rings. The molecule has 1 amide bonds. The van der Waals surface area contributed by atoms with Crippen molar-refractivity contribution in [1.29, 1.82) is 5.26 Å². The number of ether oxygens (including phenoxy) is 1. The Balaban J connectivity index is 1.91. The molecular weight excluding hydrogens is 260 g/mol. The van der Waals surface area contributed by atoms with E-state index in [1.807, 2.05) is 6.07 Å². The van der Waals surface area contributed by atoms with Gasteiger partial charge in [-0.25, -0.2) is 4.79 Å². The topological polar surface area (TPSA) is 90.6 Å². The van der Waals surface area contributed by atoms with Crippen molar-refractivity contribution in [2.75, 3.05) is 13.2 Å². The van der Waals surface area contributed by atoms with Gasteiger partial charge in [-0.2, -0.15) is 5.26 Å². The summed E-state index contributed by atoms with van der Waals surface area (Å²) in [4.78, 5) is 24.3. The smallest absolute Gasteiger partial charge is 0.326 e. The molecule has 1 N–H and O–H groups in total. The lowest BCUT2D eigenvalue weighted by molar-refractivity contribution is -0.148. The number of benzene rings is 1. The zero-order valence-electron chi connectivity index (χ0n) is 10.8. The van der Waals surface area contributed by atoms with Crippen LogP contribution in [0.4, 0.5) is 0 Å². The number of hydrogen-bond donors (Lipinski definition) is 1. The summed E-state index contributed by atoms with van der Waals surface area (Å²) in [5, 5.41) is 17.7. The highest BCUT2D eigenvalue weighted by Crippen LogP contribution is 2.18. The number of aliphatic carboxylic acids is 1. The summed E-state index contributed by atoms with van der Waals surface area (Å²) in [6.45, 7) is 0.252. The normalized spacial score (nSPS) is 17.6. The van der Waals surface area contributed by atoms with Crippen molar-refractivity contribution < 1.29 is 19.4 Å². The van der Waals surface area contributed by atoms with Gasteiger partial charge in [0.1, 0.15) is 11.8 Å². The fourth-order valence-electron chi connectivity index (χ4n) is 2.18. The van der Waals surface area contributed by atoms with E-state index in [1.165, 1.54) is 4.90 Å². The van der Waals surface area contributed by atoms with E-state index in [0.717, 1.165) is 0 Å². The van der Waals surface area contributed by atoms with Gasteiger partial charge in [0.2, 0.25) is 0 Å². The van der Waals surface area contributed by atoms with E-state index in [9.17, 15) is 9.59 Å². The number of hydrogen-bond acceptors (Lipinski definition) is 4. The maximum absolute atomic E-state index is 11.9. The van der Waals surface area contributed by atoms with Gasteiger partial charge in [0.25, 0.3) is 5.91 Å². The fourth-order valence-corrected chi connectivity index (χ4v) is 2.18. The summed E-state index contributed by atoms with van der Waals surface area (Å²) in [5.41, 5.74) is 0.508. The van der Waals surface area contributed by atoms with Gasteiger partial charge in [0.05, 0.1) is 11.6 Å². The molecule has 0 bridgehead atoms. The number of amides is 1. The second-order valence-electron chi connectivity index (χ2n) is 4.51. The van der Waals surface area contributed by atoms with Crippen LogP contribution < -0.4 is 4.74 Å². The van der Waals surface area contributed by atoms with E-state index < -0.39 is 12.0 Å². The largest absolute Gasteiger partial charge is 0.484 e. The van der Waals surface area contributed by atoms with E-state index in [-0.39, 0.29) is 12.5 Å². The molecule has 1 aliphatic heterocycles. The first-order valence-corrected chi connectivity index (χ1v) is 6.27. The average molecular weight is 274 g/mol. The van der Waals surface area contributed by atoms with Crippen molar-refractivity contribution in [1.82, 2.24) is 4.90 Å². The SMILES string of the molecule is N#Cc1ccc(OCC(=O)N2CCCC2C(=O)O)cc1. The number of rotatable bonds is 4. The van der Waals surface area contributed by atoms with Gasteiger partial charge in [-0.3, -0.25) is 4.79 Å². The van der Waals surface area contributed by atoms with E-state index in [0.29, 0.717) is 30.7 Å². The molecule has 6 heteroatoms. The van der Waals surface area contributed by atoms with E-state index in [2.05, 4.69) is 0 Å². The molecule has 1 unspecified atom stereocenters. The lowest BCUT2D eigenvalue weighted by Crippen LogP contribution is -2.42. The van der Waals surface area contributed by atoms with Crippen LogP contribution in [0.25, 0.3) is 0 Å². The molecule has 1 aliphatic rings. The first-order valence-electron chi connectivity index (χ1n) is 6.27. The minimum atomic E-state index is -0.978. The quantitative estimate of drug-likeness (QED) is 0.885. The second kappa shape index (κ2) is 6.06. The lowest BCUT2D eigenvalue weighted by atomic mass is 10.2. The predicted octanol–water partition coefficient (Wildman–Crippen LogP) is 1.01. The summed E-state index contributed by atoms with van der Waals surface area (Å²) >= 11 is 0. The third kappa shape index (κ3) is 3.06. The van der Waals surface area contributed by atoms with Gasteiger partial charge < -0.3 is 14.7 Å². The standard InChI is InChI=1S/C14H14N2O4/c15-8-10-3-5-11(6-4-10)20-9-13(17)16-7-1-2-12(16)14(18)19/h3-6,12H,1-2,7,9H2,(H,18,19). The highest BCUT2D eigenvalue weighted by molar-refractivity contribution is 5.85. The Kier molecular flexibility index (Phi) is 4.20. The summed E-state index contributed by atoms with van der Waals surface area (Å²) in [7, 11) is 0. The zero-order valence-corrected chi connectivity index (χ0v) is 10.8. The number of carbonyl (C=O) groups is 2. The van der Waals surface area contributed by atoms with E-state index in [4.69, 9.17) is 15.1 Å². The highest BCUT2D eigenvalue weighted by atomic mass is 16.5. The molecule has 1 saturated heterocycles. The molecule has 0 radical (unpaired) electrons. The van der Waals surface area contributed by atoms with Gasteiger partial charge in [-0.05, 0) is 37.1 Å². The number of carboxylic acids is 1. The van der Waals surface area contributed by atoms with Crippen molar-refractivity contribution in [2.24, 2.45) is 0 Å². The number of nitrogens with zero attached hydrogens (tertiary/aromatic N) is 2. The second-order valence-corrected chi connectivity index (χ2v) is 4.51. The Morgan fingerprint density at radius 2 is 2.10 bits per heavy atom. The number of carboxylic acid groups (broad SMARTS) is 1. The number of nitriles is 1. The molecule has 0 saturated carbocycles. The number of carbonyl (C=O) groups excluding carboxylic acids is 1. The zero-order chi connectivity index (χ0) is 14.5. The minimum absolute atomic E-state index is 0.199. The monoisotopic (exact) mass is 274 g/mol. The van der Waals surface area contributed by atoms with Crippen molar-refractivity contribution in [3.8, 4) is 11.8 Å². The Bertz CT molecular complexity index is 547. The van der Waals surface area contributed by atoms with Crippen LogP contribution >= 0.6 is 0 Å². The Morgan fingerprint density at radius 3 is 2.70 bits per heavy atom. The maximum atomic E-state index is 11.9. The van der Waals surface area contributed by atoms with Crippen LogP contribution in [0.3, 0.4) is 0 Å². The first kappa shape index (κ1) is 13.9. The molecule has 0 aliphatic carbocycles. The molecule has 6 nitrogen and oxygen atoms in total. The van der Waals surface area contributed by atoms with Crippen molar-refractivity contribution in [3.63, 3.8) is 0 Å². The first-order chi connectivity index (χ1) is 9.61. The van der Waals surface area contributed by atoms with Crippen molar-refractivity contribution >= 4 is 11.9 Å². The minimum Gasteiger partial charge on any atom is -0.484 e. The van der Waals surface area contributed by atoms with Gasteiger partial charge in [-0.15, -0.1) is 0 Å². The highest BCUT2D eigenvalue weighted by Gasteiger charge is 2.33. The summed E-state index contributed by atoms with van der Waals surface area (Å²) < 4.78 is 5.31. The lowest BCUT2D eigenvalue weighted by Gasteiger charge is -2.21. The molecule has 1 heterocycles. The van der Waals surface area contributed by atoms with Crippen LogP contribution in [0.5, 0.6) is 5.75 Å². The Morgan fingerprint density at radius 1 is 1.40 bits per heavy atom. The Labute approximate surface area is 116 Å². The van der Waals surface area contributed by atoms with Crippen LogP contribution in [-0.2, 0) is 9.59 Å². The van der Waals surface area contributed by atoms with Crippen LogP contribution in [0.2, 0.25) is 0 Å². The van der Waals surface area contributed by atoms with Gasteiger partial charge >= 0.3 is 5.97 Å². The van der Waals surface area contributed by atoms with Crippen LogP contribution in [-0.4, -0.2) is 41.1 Å². The molecule has 1 fully saturated rings. The van der Waals surface area contributed by atoms with Crippen molar-refractivity contribution in [2.45, 2.75) is 18.9 Å². The third-order valence-corrected chi connectivity index (χ3v) is 3.20. The number of likely N-dealkylation sites (tertiary alicyclic amines) is 1. The average Bonchev–Trinajstić information content (AvgIpc) is 2.95. The van der Waals surface area contributed by atoms with Crippen LogP contribution in [0.1, 0.15) is 18.4 Å². The summed E-state index contributed by atoms with van der Waals surface area (Å²) in [6, 6.07) is 7.63. The molecule has 1 atom stereocenters. The molecule has 2 rings (SSSR count). The van der Waals surface area contributed by atoms with E-state index in [1.54, 1.807) is 24.3 Å². The summed E-state index contributed by atoms with van der Waals surface area (Å²) in [5.74, 6) is -0.836. The fraction of sp³-hybridized carbons (Fsp3) is 0.357. The molecular formula is C14H14N2O4. The Hall–Kier alpha value is -2.55. The maximum Gasteiger partial charge on any atom is 0.326 e. The predicted molar refractivity (Wildman–Crippen MR) is 69.0 cm³/mol. The molecule has 20 heavy (non-hydrogen) atoms. The molecule has 1 aromatic carbocycles. The van der Waals surface area contributed by atoms with Crippen LogP contribution in [0.15, 0.2) is 24.3 Å². The van der Waals surface area contributed by atoms with Crippen LogP contribution in [0, 0.1) is 11.3 Å². The van der Waals surface area contributed by atoms with Gasteiger partial charge in [-0.1, -0.05) is 0 Å². The van der Waals surface area contributed by atoms with Crippen molar-refractivity contribution in [3.05, 3.63) is 29.8 Å².